The first kappa shape index (κ1) is 15.2. The van der Waals surface area contributed by atoms with Gasteiger partial charge < -0.3 is 0 Å². The summed E-state index contributed by atoms with van der Waals surface area (Å²) in [5, 5.41) is 0.613. The third-order valence-corrected chi connectivity index (χ3v) is 4.74. The van der Waals surface area contributed by atoms with E-state index in [2.05, 4.69) is 20.8 Å². The molecule has 0 amide bonds. The first-order chi connectivity index (χ1) is 10.6. The molecule has 0 N–H and O–H groups in total. The highest BCUT2D eigenvalue weighted by Crippen LogP contribution is 2.44. The van der Waals surface area contributed by atoms with E-state index < -0.39 is 5.54 Å². The monoisotopic (exact) mass is 361 g/mol. The molecule has 2 aromatic carbocycles. The van der Waals surface area contributed by atoms with Gasteiger partial charge in [0.05, 0.1) is 0 Å². The molecule has 1 nitrogen and oxygen atoms in total. The average Bonchev–Trinajstić information content (AvgIpc) is 2.63. The summed E-state index contributed by atoms with van der Waals surface area (Å²) in [6, 6.07) is 9.22. The molecule has 22 heavy (non-hydrogen) atoms. The van der Waals surface area contributed by atoms with Gasteiger partial charge >= 0.3 is 0 Å². The van der Waals surface area contributed by atoms with Gasteiger partial charge in [-0.05, 0) is 54.3 Å². The van der Waals surface area contributed by atoms with Gasteiger partial charge in [0.1, 0.15) is 11.6 Å². The molecule has 0 spiro atoms. The van der Waals surface area contributed by atoms with Crippen molar-refractivity contribution in [2.75, 3.05) is 5.33 Å². The Kier molecular flexibility index (Phi) is 4.01. The summed E-state index contributed by atoms with van der Waals surface area (Å²) in [6.45, 7) is 7.82. The number of halogens is 3. The Morgan fingerprint density at radius 3 is 2.41 bits per heavy atom. The molecular weight excluding hydrogens is 348 g/mol. The molecule has 4 heteroatoms. The van der Waals surface area contributed by atoms with E-state index in [9.17, 15) is 8.78 Å². The fourth-order valence-electron chi connectivity index (χ4n) is 3.32. The molecule has 0 heterocycles. The first-order valence-electron chi connectivity index (χ1n) is 7.13. The molecule has 0 aromatic heterocycles. The van der Waals surface area contributed by atoms with E-state index in [1.54, 1.807) is 12.1 Å². The van der Waals surface area contributed by atoms with Gasteiger partial charge in [-0.3, -0.25) is 4.85 Å². The Morgan fingerprint density at radius 2 is 1.68 bits per heavy atom. The van der Waals surface area contributed by atoms with Crippen LogP contribution in [0, 0.1) is 18.2 Å². The standard InChI is InChI=1S/C18H14BrF2N/c1-22-18(8-9-19)16-7-6-14(20)10-13(16)3-2-12-4-5-15(21)11-17(12)18/h4-7,10-11H,2-3,8-9H2. The molecule has 0 saturated heterocycles. The lowest BCUT2D eigenvalue weighted by Crippen LogP contribution is -2.26. The molecular formula is C18H14BrF2N. The van der Waals surface area contributed by atoms with Crippen molar-refractivity contribution in [3.8, 4) is 0 Å². The lowest BCUT2D eigenvalue weighted by atomic mass is 9.79. The number of rotatable bonds is 2. The second kappa shape index (κ2) is 5.81. The molecule has 0 radical (unpaired) electrons. The van der Waals surface area contributed by atoms with E-state index in [4.69, 9.17) is 6.57 Å². The molecule has 0 bridgehead atoms. The minimum Gasteiger partial charge on any atom is -0.300 e. The smallest absolute Gasteiger partial charge is 0.284 e. The molecule has 0 aliphatic heterocycles. The van der Waals surface area contributed by atoms with Crippen LogP contribution < -0.4 is 0 Å². The lowest BCUT2D eigenvalue weighted by Gasteiger charge is -2.24. The summed E-state index contributed by atoms with van der Waals surface area (Å²) in [4.78, 5) is 3.91. The van der Waals surface area contributed by atoms with Crippen molar-refractivity contribution in [2.45, 2.75) is 24.8 Å². The van der Waals surface area contributed by atoms with Crippen LogP contribution in [0.1, 0.15) is 28.7 Å². The molecule has 2 aromatic rings. The normalized spacial score (nSPS) is 19.7. The van der Waals surface area contributed by atoms with E-state index in [1.807, 2.05) is 0 Å². The van der Waals surface area contributed by atoms with Crippen LogP contribution in [-0.4, -0.2) is 5.33 Å². The maximum Gasteiger partial charge on any atom is 0.284 e. The van der Waals surface area contributed by atoms with Crippen LogP contribution in [0.5, 0.6) is 0 Å². The highest BCUT2D eigenvalue weighted by Gasteiger charge is 2.45. The average molecular weight is 362 g/mol. The fraction of sp³-hybridized carbons (Fsp3) is 0.278. The number of aryl methyl sites for hydroxylation is 2. The summed E-state index contributed by atoms with van der Waals surface area (Å²) in [6.07, 6.45) is 1.86. The minimum absolute atomic E-state index is 0.298. The van der Waals surface area contributed by atoms with Gasteiger partial charge in [0.15, 0.2) is 0 Å². The van der Waals surface area contributed by atoms with Crippen LogP contribution >= 0.6 is 15.9 Å². The van der Waals surface area contributed by atoms with Gasteiger partial charge in [-0.1, -0.05) is 22.0 Å². The first-order valence-corrected chi connectivity index (χ1v) is 8.25. The molecule has 1 aliphatic rings. The van der Waals surface area contributed by atoms with Crippen LogP contribution in [0.25, 0.3) is 4.85 Å². The number of hydrogen-bond acceptors (Lipinski definition) is 0. The molecule has 3 rings (SSSR count). The predicted molar refractivity (Wildman–Crippen MR) is 86.0 cm³/mol. The largest absolute Gasteiger partial charge is 0.300 e. The summed E-state index contributed by atoms with van der Waals surface area (Å²) < 4.78 is 27.4. The Bertz CT molecular complexity index is 766. The van der Waals surface area contributed by atoms with E-state index in [-0.39, 0.29) is 11.6 Å². The zero-order valence-electron chi connectivity index (χ0n) is 11.9. The third-order valence-electron chi connectivity index (χ3n) is 4.34. The molecule has 1 aliphatic carbocycles. The van der Waals surface area contributed by atoms with Gasteiger partial charge in [0.2, 0.25) is 0 Å². The summed E-state index contributed by atoms with van der Waals surface area (Å²) in [5.74, 6) is -0.638. The molecule has 112 valence electrons. The van der Waals surface area contributed by atoms with Crippen LogP contribution in [0.4, 0.5) is 8.78 Å². The van der Waals surface area contributed by atoms with E-state index >= 15 is 0 Å². The third kappa shape index (κ3) is 2.34. The summed E-state index contributed by atoms with van der Waals surface area (Å²) in [7, 11) is 0. The van der Waals surface area contributed by atoms with Crippen molar-refractivity contribution in [1.29, 1.82) is 0 Å². The van der Waals surface area contributed by atoms with Crippen molar-refractivity contribution in [2.24, 2.45) is 0 Å². The zero-order chi connectivity index (χ0) is 15.7. The highest BCUT2D eigenvalue weighted by atomic mass is 79.9. The Labute approximate surface area is 136 Å². The SMILES string of the molecule is [C-]#[N+]C1(CCBr)c2ccc(F)cc2CCc2ccc(F)cc21. The van der Waals surface area contributed by atoms with E-state index in [1.165, 1.54) is 24.3 Å². The van der Waals surface area contributed by atoms with Crippen molar-refractivity contribution < 1.29 is 8.78 Å². The van der Waals surface area contributed by atoms with Gasteiger partial charge in [0.25, 0.3) is 5.54 Å². The quantitative estimate of drug-likeness (QED) is 0.523. The van der Waals surface area contributed by atoms with Crippen molar-refractivity contribution in [1.82, 2.24) is 0 Å². The minimum atomic E-state index is -0.958. The highest BCUT2D eigenvalue weighted by molar-refractivity contribution is 9.09. The maximum atomic E-state index is 13.8. The van der Waals surface area contributed by atoms with Gasteiger partial charge in [-0.15, -0.1) is 0 Å². The number of nitrogens with zero attached hydrogens (tertiary/aromatic N) is 1. The van der Waals surface area contributed by atoms with Crippen molar-refractivity contribution >= 4 is 15.9 Å². The van der Waals surface area contributed by atoms with Crippen LogP contribution in [-0.2, 0) is 18.4 Å². The summed E-state index contributed by atoms with van der Waals surface area (Å²) >= 11 is 3.41. The van der Waals surface area contributed by atoms with E-state index in [0.29, 0.717) is 30.2 Å². The second-order valence-electron chi connectivity index (χ2n) is 5.51. The fourth-order valence-corrected chi connectivity index (χ4v) is 3.89. The van der Waals surface area contributed by atoms with Crippen LogP contribution in [0.2, 0.25) is 0 Å². The second-order valence-corrected chi connectivity index (χ2v) is 6.31. The molecule has 1 atom stereocenters. The molecule has 0 saturated carbocycles. The van der Waals surface area contributed by atoms with Crippen molar-refractivity contribution in [3.63, 3.8) is 0 Å². The maximum absolute atomic E-state index is 13.8. The van der Waals surface area contributed by atoms with Crippen LogP contribution in [0.15, 0.2) is 36.4 Å². The summed E-state index contributed by atoms with van der Waals surface area (Å²) in [5.41, 5.74) is 2.36. The molecule has 1 unspecified atom stereocenters. The van der Waals surface area contributed by atoms with Crippen molar-refractivity contribution in [3.05, 3.63) is 81.7 Å². The van der Waals surface area contributed by atoms with Gasteiger partial charge in [-0.2, -0.15) is 0 Å². The lowest BCUT2D eigenvalue weighted by molar-refractivity contribution is 0.585. The Hall–Kier alpha value is -1.73. The number of hydrogen-bond donors (Lipinski definition) is 0. The predicted octanol–water partition coefficient (Wildman–Crippen LogP) is 5.01. The Morgan fingerprint density at radius 1 is 1.00 bits per heavy atom. The molecule has 0 fully saturated rings. The number of benzene rings is 2. The number of fused-ring (bicyclic) bond motifs is 2. The zero-order valence-corrected chi connectivity index (χ0v) is 13.5. The Balaban J connectivity index is 2.34. The van der Waals surface area contributed by atoms with Gasteiger partial charge in [0, 0.05) is 22.9 Å². The number of alkyl halides is 1. The topological polar surface area (TPSA) is 4.36 Å². The van der Waals surface area contributed by atoms with E-state index in [0.717, 1.165) is 16.7 Å². The van der Waals surface area contributed by atoms with Gasteiger partial charge in [-0.25, -0.2) is 15.4 Å². The van der Waals surface area contributed by atoms with Crippen LogP contribution in [0.3, 0.4) is 0 Å².